The van der Waals surface area contributed by atoms with Crippen molar-refractivity contribution in [1.82, 2.24) is 9.97 Å². The van der Waals surface area contributed by atoms with Gasteiger partial charge in [-0.2, -0.15) is 4.98 Å². The molecule has 1 aromatic carbocycles. The van der Waals surface area contributed by atoms with E-state index in [4.69, 9.17) is 0 Å². The summed E-state index contributed by atoms with van der Waals surface area (Å²) in [5.74, 6) is 1.52. The van der Waals surface area contributed by atoms with Gasteiger partial charge in [0.25, 0.3) is 0 Å². The molecule has 0 amide bonds. The molecule has 4 heteroatoms. The summed E-state index contributed by atoms with van der Waals surface area (Å²) in [4.78, 5) is 8.97. The van der Waals surface area contributed by atoms with Gasteiger partial charge in [0.05, 0.1) is 0 Å². The number of benzene rings is 1. The quantitative estimate of drug-likeness (QED) is 0.738. The Hall–Kier alpha value is -2.10. The van der Waals surface area contributed by atoms with Gasteiger partial charge in [-0.1, -0.05) is 38.0 Å². The highest BCUT2D eigenvalue weighted by Gasteiger charge is 2.03. The van der Waals surface area contributed by atoms with E-state index in [2.05, 4.69) is 46.6 Å². The van der Waals surface area contributed by atoms with E-state index >= 15 is 0 Å². The van der Waals surface area contributed by atoms with Crippen LogP contribution in [0.15, 0.2) is 30.3 Å². The van der Waals surface area contributed by atoms with Gasteiger partial charge in [-0.05, 0) is 31.9 Å². The minimum absolute atomic E-state index is 0.696. The van der Waals surface area contributed by atoms with Gasteiger partial charge in [0.15, 0.2) is 0 Å². The first-order valence-electron chi connectivity index (χ1n) is 7.61. The molecule has 1 aromatic heterocycles. The standard InChI is InChI=1S/C17H24N4/c1-4-5-8-11-18-17-19-14(3)12-16(21-17)20-15-10-7-6-9-13(15)2/h6-7,9-10,12H,4-5,8,11H2,1-3H3,(H2,18,19,20,21). The number of anilines is 3. The van der Waals surface area contributed by atoms with E-state index in [0.29, 0.717) is 5.95 Å². The number of hydrogen-bond donors (Lipinski definition) is 2. The fourth-order valence-electron chi connectivity index (χ4n) is 2.14. The average Bonchev–Trinajstić information content (AvgIpc) is 2.46. The Balaban J connectivity index is 2.06. The van der Waals surface area contributed by atoms with Gasteiger partial charge in [-0.3, -0.25) is 0 Å². The zero-order valence-corrected chi connectivity index (χ0v) is 13.1. The molecule has 0 radical (unpaired) electrons. The van der Waals surface area contributed by atoms with Crippen molar-refractivity contribution in [3.05, 3.63) is 41.6 Å². The number of para-hydroxylation sites is 1. The number of nitrogens with zero attached hydrogens (tertiary/aromatic N) is 2. The van der Waals surface area contributed by atoms with Crippen molar-refractivity contribution in [2.24, 2.45) is 0 Å². The van der Waals surface area contributed by atoms with Crippen LogP contribution in [0.5, 0.6) is 0 Å². The molecular weight excluding hydrogens is 260 g/mol. The molecule has 0 saturated heterocycles. The van der Waals surface area contributed by atoms with E-state index in [0.717, 1.165) is 30.2 Å². The molecule has 2 N–H and O–H groups in total. The highest BCUT2D eigenvalue weighted by Crippen LogP contribution is 2.19. The summed E-state index contributed by atoms with van der Waals surface area (Å²) in [6.45, 7) is 7.19. The van der Waals surface area contributed by atoms with Gasteiger partial charge in [0.1, 0.15) is 5.82 Å². The molecule has 0 saturated carbocycles. The van der Waals surface area contributed by atoms with Gasteiger partial charge >= 0.3 is 0 Å². The summed E-state index contributed by atoms with van der Waals surface area (Å²) in [7, 11) is 0. The molecule has 0 aliphatic carbocycles. The van der Waals surface area contributed by atoms with Crippen LogP contribution in [0.4, 0.5) is 17.5 Å². The first-order valence-corrected chi connectivity index (χ1v) is 7.61. The van der Waals surface area contributed by atoms with Crippen molar-refractivity contribution in [3.8, 4) is 0 Å². The highest BCUT2D eigenvalue weighted by molar-refractivity contribution is 5.61. The third kappa shape index (κ3) is 4.74. The third-order valence-corrected chi connectivity index (χ3v) is 3.33. The molecule has 1 heterocycles. The lowest BCUT2D eigenvalue weighted by molar-refractivity contribution is 0.740. The van der Waals surface area contributed by atoms with Gasteiger partial charge in [-0.15, -0.1) is 0 Å². The molecule has 0 fully saturated rings. The normalized spacial score (nSPS) is 10.4. The second kappa shape index (κ2) is 7.62. The monoisotopic (exact) mass is 284 g/mol. The fourth-order valence-corrected chi connectivity index (χ4v) is 2.14. The molecule has 0 atom stereocenters. The van der Waals surface area contributed by atoms with Crippen LogP contribution in [-0.2, 0) is 0 Å². The maximum atomic E-state index is 4.53. The van der Waals surface area contributed by atoms with Crippen molar-refractivity contribution in [3.63, 3.8) is 0 Å². The van der Waals surface area contributed by atoms with Gasteiger partial charge in [-0.25, -0.2) is 4.98 Å². The number of unbranched alkanes of at least 4 members (excludes halogenated alkanes) is 2. The van der Waals surface area contributed by atoms with Crippen LogP contribution in [0.2, 0.25) is 0 Å². The number of rotatable bonds is 7. The van der Waals surface area contributed by atoms with Crippen molar-refractivity contribution in [1.29, 1.82) is 0 Å². The number of aryl methyl sites for hydroxylation is 2. The summed E-state index contributed by atoms with van der Waals surface area (Å²) in [6.07, 6.45) is 3.60. The lowest BCUT2D eigenvalue weighted by Gasteiger charge is -2.11. The smallest absolute Gasteiger partial charge is 0.224 e. The van der Waals surface area contributed by atoms with Crippen LogP contribution in [0.25, 0.3) is 0 Å². The van der Waals surface area contributed by atoms with E-state index in [9.17, 15) is 0 Å². The topological polar surface area (TPSA) is 49.8 Å². The number of nitrogens with one attached hydrogen (secondary N) is 2. The summed E-state index contributed by atoms with van der Waals surface area (Å²) < 4.78 is 0. The average molecular weight is 284 g/mol. The van der Waals surface area contributed by atoms with E-state index < -0.39 is 0 Å². The molecule has 0 unspecified atom stereocenters. The zero-order chi connectivity index (χ0) is 15.1. The second-order valence-corrected chi connectivity index (χ2v) is 5.29. The molecule has 2 rings (SSSR count). The summed E-state index contributed by atoms with van der Waals surface area (Å²) in [5, 5.41) is 6.66. The van der Waals surface area contributed by atoms with E-state index in [-0.39, 0.29) is 0 Å². The van der Waals surface area contributed by atoms with Gasteiger partial charge < -0.3 is 10.6 Å². The molecular formula is C17H24N4. The first-order chi connectivity index (χ1) is 10.2. The van der Waals surface area contributed by atoms with E-state index in [1.54, 1.807) is 0 Å². The maximum Gasteiger partial charge on any atom is 0.224 e. The number of aromatic nitrogens is 2. The Morgan fingerprint density at radius 3 is 2.62 bits per heavy atom. The molecule has 0 aliphatic rings. The minimum Gasteiger partial charge on any atom is -0.354 e. The minimum atomic E-state index is 0.696. The molecule has 0 spiro atoms. The van der Waals surface area contributed by atoms with Crippen molar-refractivity contribution >= 4 is 17.5 Å². The largest absolute Gasteiger partial charge is 0.354 e. The summed E-state index contributed by atoms with van der Waals surface area (Å²) in [6, 6.07) is 10.2. The second-order valence-electron chi connectivity index (χ2n) is 5.29. The Kier molecular flexibility index (Phi) is 5.55. The highest BCUT2D eigenvalue weighted by atomic mass is 15.1. The van der Waals surface area contributed by atoms with E-state index in [1.807, 2.05) is 25.1 Å². The summed E-state index contributed by atoms with van der Waals surface area (Å²) >= 11 is 0. The Morgan fingerprint density at radius 2 is 1.86 bits per heavy atom. The van der Waals surface area contributed by atoms with Crippen LogP contribution in [0.3, 0.4) is 0 Å². The molecule has 0 aliphatic heterocycles. The molecule has 112 valence electrons. The Labute approximate surface area is 127 Å². The number of hydrogen-bond acceptors (Lipinski definition) is 4. The first kappa shape index (κ1) is 15.3. The van der Waals surface area contributed by atoms with Crippen LogP contribution < -0.4 is 10.6 Å². The predicted octanol–water partition coefficient (Wildman–Crippen LogP) is 4.44. The third-order valence-electron chi connectivity index (χ3n) is 3.33. The molecule has 2 aromatic rings. The predicted molar refractivity (Wildman–Crippen MR) is 89.2 cm³/mol. The van der Waals surface area contributed by atoms with Crippen LogP contribution in [0.1, 0.15) is 37.4 Å². The van der Waals surface area contributed by atoms with Crippen molar-refractivity contribution in [2.45, 2.75) is 40.0 Å². The van der Waals surface area contributed by atoms with Crippen LogP contribution in [0, 0.1) is 13.8 Å². The Morgan fingerprint density at radius 1 is 1.05 bits per heavy atom. The van der Waals surface area contributed by atoms with Gasteiger partial charge in [0.2, 0.25) is 5.95 Å². The van der Waals surface area contributed by atoms with Crippen LogP contribution >= 0.6 is 0 Å². The maximum absolute atomic E-state index is 4.53. The van der Waals surface area contributed by atoms with Crippen molar-refractivity contribution < 1.29 is 0 Å². The zero-order valence-electron chi connectivity index (χ0n) is 13.1. The lowest BCUT2D eigenvalue weighted by atomic mass is 10.2. The molecule has 21 heavy (non-hydrogen) atoms. The van der Waals surface area contributed by atoms with Gasteiger partial charge in [0, 0.05) is 24.0 Å². The molecule has 0 bridgehead atoms. The van der Waals surface area contributed by atoms with E-state index in [1.165, 1.54) is 18.4 Å². The summed E-state index contributed by atoms with van der Waals surface area (Å²) in [5.41, 5.74) is 3.23. The Bertz CT molecular complexity index is 581. The SMILES string of the molecule is CCCCCNc1nc(C)cc(Nc2ccccc2C)n1. The van der Waals surface area contributed by atoms with Crippen molar-refractivity contribution in [2.75, 3.05) is 17.2 Å². The lowest BCUT2D eigenvalue weighted by Crippen LogP contribution is -2.07. The molecule has 4 nitrogen and oxygen atoms in total. The van der Waals surface area contributed by atoms with Crippen LogP contribution in [-0.4, -0.2) is 16.5 Å². The fraction of sp³-hybridized carbons (Fsp3) is 0.412.